The van der Waals surface area contributed by atoms with Crippen molar-refractivity contribution >= 4 is 16.9 Å². The zero-order valence-corrected chi connectivity index (χ0v) is 15.2. The summed E-state index contributed by atoms with van der Waals surface area (Å²) in [6.07, 6.45) is 1.86. The van der Waals surface area contributed by atoms with Gasteiger partial charge in [0.25, 0.3) is 0 Å². The lowest BCUT2D eigenvalue weighted by atomic mass is 10.1. The molecule has 1 unspecified atom stereocenters. The minimum absolute atomic E-state index is 0.139. The van der Waals surface area contributed by atoms with E-state index in [4.69, 9.17) is 4.74 Å². The van der Waals surface area contributed by atoms with Crippen molar-refractivity contribution in [3.8, 4) is 5.75 Å². The van der Waals surface area contributed by atoms with Crippen LogP contribution < -0.4 is 10.2 Å². The van der Waals surface area contributed by atoms with Gasteiger partial charge in [0.1, 0.15) is 5.75 Å². The van der Waals surface area contributed by atoms with Crippen molar-refractivity contribution in [1.29, 1.82) is 0 Å². The number of methoxy groups -OCH3 is 1. The molecule has 0 spiro atoms. The van der Waals surface area contributed by atoms with Crippen LogP contribution in [0.5, 0.6) is 5.75 Å². The number of hydrogen-bond acceptors (Lipinski definition) is 6. The molecular weight excluding hydrogens is 346 g/mol. The number of hydrogen-bond donors (Lipinski definition) is 1. The predicted octanol–water partition coefficient (Wildman–Crippen LogP) is 2.70. The summed E-state index contributed by atoms with van der Waals surface area (Å²) < 4.78 is 11.6. The highest BCUT2D eigenvalue weighted by Crippen LogP contribution is 2.22. The van der Waals surface area contributed by atoms with Gasteiger partial charge in [-0.3, -0.25) is 9.78 Å². The van der Waals surface area contributed by atoms with Gasteiger partial charge in [0.05, 0.1) is 24.7 Å². The molecule has 0 bridgehead atoms. The fraction of sp³-hybridized carbons (Fsp3) is 0.250. The molecule has 0 aliphatic rings. The minimum atomic E-state index is -0.435. The van der Waals surface area contributed by atoms with Gasteiger partial charge in [0.2, 0.25) is 0 Å². The lowest BCUT2D eigenvalue weighted by Crippen LogP contribution is -2.23. The van der Waals surface area contributed by atoms with Crippen LogP contribution >= 0.6 is 0 Å². The maximum atomic E-state index is 11.4. The number of fused-ring (bicyclic) bond motifs is 1. The lowest BCUT2D eigenvalue weighted by molar-refractivity contribution is -0.139. The van der Waals surface area contributed by atoms with Gasteiger partial charge in [-0.2, -0.15) is 4.73 Å². The van der Waals surface area contributed by atoms with Gasteiger partial charge in [0.15, 0.2) is 11.7 Å². The Morgan fingerprint density at radius 2 is 2.11 bits per heavy atom. The number of carbonyl (C=O) groups excluding carboxylic acids is 1. The van der Waals surface area contributed by atoms with Gasteiger partial charge in [-0.25, -0.2) is 4.99 Å². The van der Waals surface area contributed by atoms with Crippen molar-refractivity contribution in [2.75, 3.05) is 7.11 Å². The van der Waals surface area contributed by atoms with E-state index in [9.17, 15) is 10.0 Å². The number of rotatable bonds is 6. The van der Waals surface area contributed by atoms with E-state index in [1.54, 1.807) is 24.3 Å². The number of ether oxygens (including phenoxy) is 2. The highest BCUT2D eigenvalue weighted by molar-refractivity contribution is 5.81. The Morgan fingerprint density at radius 3 is 2.85 bits per heavy atom. The van der Waals surface area contributed by atoms with E-state index in [1.807, 2.05) is 31.2 Å². The molecule has 0 radical (unpaired) electrons. The molecule has 0 aliphatic heterocycles. The van der Waals surface area contributed by atoms with E-state index >= 15 is 0 Å². The maximum absolute atomic E-state index is 11.4. The average Bonchev–Trinajstić information content (AvgIpc) is 2.69. The van der Waals surface area contributed by atoms with E-state index in [0.29, 0.717) is 23.4 Å². The zero-order chi connectivity index (χ0) is 19.2. The Balaban J connectivity index is 1.82. The Bertz CT molecular complexity index is 1010. The molecular formula is C20H21N3O4. The smallest absolute Gasteiger partial charge is 0.311 e. The fourth-order valence-corrected chi connectivity index (χ4v) is 2.57. The van der Waals surface area contributed by atoms with Crippen molar-refractivity contribution in [2.24, 2.45) is 4.99 Å². The normalized spacial score (nSPS) is 12.7. The van der Waals surface area contributed by atoms with Gasteiger partial charge in [0, 0.05) is 18.0 Å². The molecule has 0 aliphatic carbocycles. The summed E-state index contributed by atoms with van der Waals surface area (Å²) in [5.74, 6) is 0.331. The molecule has 0 amide bonds. The first-order valence-corrected chi connectivity index (χ1v) is 8.63. The van der Waals surface area contributed by atoms with Crippen LogP contribution in [0.25, 0.3) is 10.9 Å². The molecule has 2 aromatic heterocycles. The van der Waals surface area contributed by atoms with Crippen LogP contribution in [0, 0.1) is 0 Å². The highest BCUT2D eigenvalue weighted by atomic mass is 16.5. The minimum Gasteiger partial charge on any atom is -0.469 e. The van der Waals surface area contributed by atoms with E-state index < -0.39 is 6.23 Å². The van der Waals surface area contributed by atoms with Crippen molar-refractivity contribution in [3.05, 3.63) is 65.9 Å². The predicted molar refractivity (Wildman–Crippen MR) is 99.3 cm³/mol. The first kappa shape index (κ1) is 18.4. The highest BCUT2D eigenvalue weighted by Gasteiger charge is 2.09. The molecule has 7 heteroatoms. The van der Waals surface area contributed by atoms with Crippen LogP contribution in [0.4, 0.5) is 0 Å². The van der Waals surface area contributed by atoms with Crippen LogP contribution in [0.3, 0.4) is 0 Å². The van der Waals surface area contributed by atoms with Crippen LogP contribution in [-0.2, 0) is 16.0 Å². The second-order valence-corrected chi connectivity index (χ2v) is 5.92. The van der Waals surface area contributed by atoms with Crippen LogP contribution in [0.15, 0.2) is 59.7 Å². The van der Waals surface area contributed by atoms with E-state index in [2.05, 4.69) is 14.7 Å². The van der Waals surface area contributed by atoms with Gasteiger partial charge in [-0.05, 0) is 36.4 Å². The third-order valence-corrected chi connectivity index (χ3v) is 3.99. The number of benzene rings is 1. The summed E-state index contributed by atoms with van der Waals surface area (Å²) >= 11 is 0. The van der Waals surface area contributed by atoms with Gasteiger partial charge < -0.3 is 14.7 Å². The van der Waals surface area contributed by atoms with E-state index in [1.165, 1.54) is 13.3 Å². The van der Waals surface area contributed by atoms with Crippen LogP contribution in [0.1, 0.15) is 19.0 Å². The lowest BCUT2D eigenvalue weighted by Gasteiger charge is -2.14. The Hall–Kier alpha value is -3.35. The number of pyridine rings is 2. The summed E-state index contributed by atoms with van der Waals surface area (Å²) in [5.41, 5.74) is 1.84. The molecule has 2 heterocycles. The molecule has 27 heavy (non-hydrogen) atoms. The van der Waals surface area contributed by atoms with Crippen molar-refractivity contribution in [2.45, 2.75) is 26.0 Å². The second-order valence-electron chi connectivity index (χ2n) is 5.92. The molecule has 0 fully saturated rings. The molecule has 1 aromatic carbocycles. The molecule has 1 N–H and O–H groups in total. The third kappa shape index (κ3) is 4.63. The molecule has 3 aromatic rings. The van der Waals surface area contributed by atoms with Crippen LogP contribution in [0.2, 0.25) is 0 Å². The second kappa shape index (κ2) is 8.35. The number of aromatic nitrogens is 2. The Labute approximate surface area is 156 Å². The molecule has 7 nitrogen and oxygen atoms in total. The molecule has 0 saturated heterocycles. The maximum Gasteiger partial charge on any atom is 0.311 e. The third-order valence-electron chi connectivity index (χ3n) is 3.99. The molecule has 3 rings (SSSR count). The quantitative estimate of drug-likeness (QED) is 0.535. The van der Waals surface area contributed by atoms with E-state index in [-0.39, 0.29) is 12.4 Å². The summed E-state index contributed by atoms with van der Waals surface area (Å²) in [6, 6.07) is 14.4. The van der Waals surface area contributed by atoms with E-state index in [0.717, 1.165) is 15.6 Å². The van der Waals surface area contributed by atoms with Gasteiger partial charge in [-0.1, -0.05) is 19.1 Å². The summed E-state index contributed by atoms with van der Waals surface area (Å²) in [4.78, 5) is 20.3. The van der Waals surface area contributed by atoms with Crippen molar-refractivity contribution in [1.82, 2.24) is 9.71 Å². The van der Waals surface area contributed by atoms with Crippen molar-refractivity contribution < 1.29 is 19.5 Å². The molecule has 0 saturated carbocycles. The fourth-order valence-electron chi connectivity index (χ4n) is 2.57. The Kier molecular flexibility index (Phi) is 5.71. The largest absolute Gasteiger partial charge is 0.469 e. The van der Waals surface area contributed by atoms with Gasteiger partial charge in [-0.15, -0.1) is 0 Å². The average molecular weight is 367 g/mol. The number of esters is 1. The number of carbonyl (C=O) groups is 1. The summed E-state index contributed by atoms with van der Waals surface area (Å²) in [5, 5.41) is 10.7. The van der Waals surface area contributed by atoms with Crippen LogP contribution in [-0.4, -0.2) is 34.2 Å². The monoisotopic (exact) mass is 367 g/mol. The van der Waals surface area contributed by atoms with Crippen molar-refractivity contribution in [3.63, 3.8) is 0 Å². The van der Waals surface area contributed by atoms with Gasteiger partial charge >= 0.3 is 5.97 Å². The topological polar surface area (TPSA) is 85.9 Å². The molecule has 1 atom stereocenters. The summed E-state index contributed by atoms with van der Waals surface area (Å²) in [6.45, 7) is 1.96. The SMILES string of the molecule is CCC(N=c1ccccn1O)Oc1ccc2nc(CC(=O)OC)ccc2c1. The summed E-state index contributed by atoms with van der Waals surface area (Å²) in [7, 11) is 1.36. The number of nitrogens with zero attached hydrogens (tertiary/aromatic N) is 3. The first-order chi connectivity index (χ1) is 13.1. The standard InChI is InChI=1S/C20H21N3O4/c1-3-19(22-18-6-4-5-11-23(18)25)27-16-9-10-17-14(12-16)7-8-15(21-17)13-20(24)26-2/h4-12,19,25H,3,13H2,1-2H3. The zero-order valence-electron chi connectivity index (χ0n) is 15.2. The Morgan fingerprint density at radius 1 is 1.26 bits per heavy atom. The molecule has 140 valence electrons. The first-order valence-electron chi connectivity index (χ1n) is 8.63.